The molecule has 1 amide bonds. The van der Waals surface area contributed by atoms with Crippen molar-refractivity contribution in [1.82, 2.24) is 5.32 Å². The molecule has 1 heterocycles. The topological polar surface area (TPSA) is 67.4 Å². The largest absolute Gasteiger partial charge is 0.462 e. The molecule has 5 nitrogen and oxygen atoms in total. The van der Waals surface area contributed by atoms with Gasteiger partial charge in [-0.1, -0.05) is 37.3 Å². The van der Waals surface area contributed by atoms with Crippen LogP contribution in [0.2, 0.25) is 0 Å². The first-order chi connectivity index (χ1) is 13.1. The Hall–Kier alpha value is -2.18. The number of hydrogen-bond donors (Lipinski definition) is 2. The fraction of sp³-hybridized carbons (Fsp3) is 0.429. The van der Waals surface area contributed by atoms with Crippen LogP contribution in [0.3, 0.4) is 0 Å². The van der Waals surface area contributed by atoms with Crippen LogP contribution in [0, 0.1) is 5.92 Å². The van der Waals surface area contributed by atoms with E-state index >= 15 is 0 Å². The van der Waals surface area contributed by atoms with E-state index in [0.29, 0.717) is 29.6 Å². The highest BCUT2D eigenvalue weighted by atomic mass is 32.1. The summed E-state index contributed by atoms with van der Waals surface area (Å²) in [6.45, 7) is 5.16. The van der Waals surface area contributed by atoms with Gasteiger partial charge in [0.1, 0.15) is 5.00 Å². The molecule has 0 bridgehead atoms. The van der Waals surface area contributed by atoms with Crippen molar-refractivity contribution < 1.29 is 14.3 Å². The van der Waals surface area contributed by atoms with E-state index in [1.165, 1.54) is 16.2 Å². The number of rotatable bonds is 7. The molecule has 0 saturated carbocycles. The lowest BCUT2D eigenvalue weighted by atomic mass is 9.88. The number of fused-ring (bicyclic) bond motifs is 1. The van der Waals surface area contributed by atoms with Gasteiger partial charge < -0.3 is 15.4 Å². The van der Waals surface area contributed by atoms with Gasteiger partial charge in [-0.3, -0.25) is 4.79 Å². The minimum absolute atomic E-state index is 0.150. The van der Waals surface area contributed by atoms with Crippen molar-refractivity contribution in [3.8, 4) is 0 Å². The Labute approximate surface area is 164 Å². The van der Waals surface area contributed by atoms with Gasteiger partial charge >= 0.3 is 5.97 Å². The molecule has 1 aromatic heterocycles. The molecular weight excluding hydrogens is 360 g/mol. The van der Waals surface area contributed by atoms with Gasteiger partial charge in [-0.15, -0.1) is 11.3 Å². The van der Waals surface area contributed by atoms with Gasteiger partial charge in [-0.2, -0.15) is 0 Å². The van der Waals surface area contributed by atoms with Crippen LogP contribution in [0.15, 0.2) is 30.3 Å². The van der Waals surface area contributed by atoms with E-state index in [1.54, 1.807) is 6.92 Å². The zero-order chi connectivity index (χ0) is 19.2. The Morgan fingerprint density at radius 3 is 2.78 bits per heavy atom. The summed E-state index contributed by atoms with van der Waals surface area (Å²) in [6.07, 6.45) is 2.87. The van der Waals surface area contributed by atoms with Crippen LogP contribution in [0.5, 0.6) is 0 Å². The quantitative estimate of drug-likeness (QED) is 0.711. The zero-order valence-electron chi connectivity index (χ0n) is 15.8. The molecule has 1 aromatic carbocycles. The normalized spacial score (nSPS) is 15.9. The fourth-order valence-electron chi connectivity index (χ4n) is 3.35. The van der Waals surface area contributed by atoms with E-state index in [-0.39, 0.29) is 18.4 Å². The molecule has 1 aliphatic carbocycles. The van der Waals surface area contributed by atoms with E-state index in [1.807, 2.05) is 30.3 Å². The second-order valence-electron chi connectivity index (χ2n) is 6.91. The number of thiophene rings is 1. The van der Waals surface area contributed by atoms with Gasteiger partial charge in [0.25, 0.3) is 0 Å². The number of anilines is 1. The molecule has 0 aliphatic heterocycles. The molecule has 27 heavy (non-hydrogen) atoms. The number of carbonyl (C=O) groups excluding carboxylic acids is 2. The number of benzene rings is 1. The van der Waals surface area contributed by atoms with Gasteiger partial charge in [0.15, 0.2) is 0 Å². The Bertz CT molecular complexity index is 801. The molecule has 1 aliphatic rings. The average molecular weight is 387 g/mol. The van der Waals surface area contributed by atoms with Gasteiger partial charge in [0.05, 0.1) is 18.7 Å². The van der Waals surface area contributed by atoms with Crippen molar-refractivity contribution >= 4 is 28.2 Å². The van der Waals surface area contributed by atoms with Crippen LogP contribution >= 0.6 is 11.3 Å². The third kappa shape index (κ3) is 4.96. The van der Waals surface area contributed by atoms with Crippen molar-refractivity contribution in [3.63, 3.8) is 0 Å². The number of ether oxygens (including phenoxy) is 1. The second kappa shape index (κ2) is 9.15. The summed E-state index contributed by atoms with van der Waals surface area (Å²) >= 11 is 1.52. The van der Waals surface area contributed by atoms with Crippen LogP contribution in [-0.4, -0.2) is 25.0 Å². The lowest BCUT2D eigenvalue weighted by Gasteiger charge is -2.18. The molecule has 2 aromatic rings. The molecule has 0 saturated heterocycles. The zero-order valence-corrected chi connectivity index (χ0v) is 16.7. The van der Waals surface area contributed by atoms with Crippen molar-refractivity contribution in [2.24, 2.45) is 5.92 Å². The van der Waals surface area contributed by atoms with E-state index < -0.39 is 0 Å². The van der Waals surface area contributed by atoms with Crippen LogP contribution < -0.4 is 10.6 Å². The fourth-order valence-corrected chi connectivity index (χ4v) is 4.76. The molecule has 0 fully saturated rings. The van der Waals surface area contributed by atoms with Gasteiger partial charge in [0.2, 0.25) is 5.91 Å². The highest BCUT2D eigenvalue weighted by Gasteiger charge is 2.29. The standard InChI is InChI=1S/C21H26N2O3S/c1-3-26-21(25)19-16-10-9-14(2)11-17(16)27-20(19)23-18(24)13-22-12-15-7-5-4-6-8-15/h4-8,14,22H,3,9-13H2,1-2H3,(H,23,24)/t14-/m1/s1. The van der Waals surface area contributed by atoms with Crippen molar-refractivity contribution in [2.75, 3.05) is 18.5 Å². The van der Waals surface area contributed by atoms with E-state index in [2.05, 4.69) is 17.6 Å². The van der Waals surface area contributed by atoms with Crippen LogP contribution in [0.25, 0.3) is 0 Å². The number of amides is 1. The molecule has 144 valence electrons. The Morgan fingerprint density at radius 2 is 2.04 bits per heavy atom. The Kier molecular flexibility index (Phi) is 6.63. The van der Waals surface area contributed by atoms with Crippen LogP contribution in [0.4, 0.5) is 5.00 Å². The highest BCUT2D eigenvalue weighted by molar-refractivity contribution is 7.17. The third-order valence-electron chi connectivity index (χ3n) is 4.70. The minimum Gasteiger partial charge on any atom is -0.462 e. The summed E-state index contributed by atoms with van der Waals surface area (Å²) in [7, 11) is 0. The monoisotopic (exact) mass is 386 g/mol. The maximum absolute atomic E-state index is 12.5. The van der Waals surface area contributed by atoms with Gasteiger partial charge in [-0.25, -0.2) is 4.79 Å². The summed E-state index contributed by atoms with van der Waals surface area (Å²) in [6, 6.07) is 9.93. The van der Waals surface area contributed by atoms with E-state index in [9.17, 15) is 9.59 Å². The molecule has 0 unspecified atom stereocenters. The molecule has 6 heteroatoms. The molecule has 0 spiro atoms. The first-order valence-corrected chi connectivity index (χ1v) is 10.3. The highest BCUT2D eigenvalue weighted by Crippen LogP contribution is 2.40. The Balaban J connectivity index is 1.67. The minimum atomic E-state index is -0.336. The molecule has 2 N–H and O–H groups in total. The van der Waals surface area contributed by atoms with Crippen molar-refractivity contribution in [2.45, 2.75) is 39.7 Å². The van der Waals surface area contributed by atoms with Gasteiger partial charge in [0, 0.05) is 11.4 Å². The summed E-state index contributed by atoms with van der Waals surface area (Å²) in [5, 5.41) is 6.69. The van der Waals surface area contributed by atoms with Crippen LogP contribution in [-0.2, 0) is 28.9 Å². The predicted molar refractivity (Wildman–Crippen MR) is 108 cm³/mol. The number of esters is 1. The Morgan fingerprint density at radius 1 is 1.26 bits per heavy atom. The molecule has 3 rings (SSSR count). The maximum Gasteiger partial charge on any atom is 0.341 e. The summed E-state index contributed by atoms with van der Waals surface area (Å²) in [4.78, 5) is 26.1. The average Bonchev–Trinajstić information content (AvgIpc) is 2.99. The van der Waals surface area contributed by atoms with E-state index in [0.717, 1.165) is 30.4 Å². The first-order valence-electron chi connectivity index (χ1n) is 9.44. The van der Waals surface area contributed by atoms with Crippen molar-refractivity contribution in [3.05, 3.63) is 51.9 Å². The van der Waals surface area contributed by atoms with Crippen LogP contribution in [0.1, 0.15) is 46.6 Å². The van der Waals surface area contributed by atoms with Crippen molar-refractivity contribution in [1.29, 1.82) is 0 Å². The smallest absolute Gasteiger partial charge is 0.341 e. The number of nitrogens with one attached hydrogen (secondary N) is 2. The van der Waals surface area contributed by atoms with Gasteiger partial charge in [-0.05, 0) is 43.2 Å². The lowest BCUT2D eigenvalue weighted by molar-refractivity contribution is -0.115. The predicted octanol–water partition coefficient (Wildman–Crippen LogP) is 3.78. The SMILES string of the molecule is CCOC(=O)c1c(NC(=O)CNCc2ccccc2)sc2c1CC[C@@H](C)C2. The number of hydrogen-bond acceptors (Lipinski definition) is 5. The molecule has 1 atom stereocenters. The molecule has 0 radical (unpaired) electrons. The van der Waals surface area contributed by atoms with E-state index in [4.69, 9.17) is 4.74 Å². The summed E-state index contributed by atoms with van der Waals surface area (Å²) in [5.74, 6) is 0.113. The first kappa shape index (κ1) is 19.6. The maximum atomic E-state index is 12.5. The third-order valence-corrected chi connectivity index (χ3v) is 5.87. The number of carbonyl (C=O) groups is 2. The molecular formula is C21H26N2O3S. The second-order valence-corrected chi connectivity index (χ2v) is 8.02. The summed E-state index contributed by atoms with van der Waals surface area (Å²) < 4.78 is 5.24. The lowest BCUT2D eigenvalue weighted by Crippen LogP contribution is -2.28. The summed E-state index contributed by atoms with van der Waals surface area (Å²) in [5.41, 5.74) is 2.74.